The molecule has 6 heteroatoms. The van der Waals surface area contributed by atoms with E-state index < -0.39 is 0 Å². The summed E-state index contributed by atoms with van der Waals surface area (Å²) in [6, 6.07) is 19.1. The van der Waals surface area contributed by atoms with Gasteiger partial charge >= 0.3 is 0 Å². The molecule has 0 radical (unpaired) electrons. The largest absolute Gasteiger partial charge is 0.383 e. The highest BCUT2D eigenvalue weighted by Crippen LogP contribution is 2.16. The molecule has 0 unspecified atom stereocenters. The summed E-state index contributed by atoms with van der Waals surface area (Å²) in [5, 5.41) is 6.80. The standard InChI is InChI=1S/C23H33N5O/c1-3-24-23(26-19-20-9-11-21(12-10-20)25-13-18-29-2)28-16-14-27(15-17-28)22-7-5-4-6-8-22/h4-12,25H,3,13-19H2,1-2H3,(H,24,26). The number of aliphatic imine (C=N–C) groups is 1. The van der Waals surface area contributed by atoms with Crippen molar-refractivity contribution < 1.29 is 4.74 Å². The fraction of sp³-hybridized carbons (Fsp3) is 0.435. The van der Waals surface area contributed by atoms with Crippen molar-refractivity contribution in [1.29, 1.82) is 0 Å². The molecular weight excluding hydrogens is 362 g/mol. The topological polar surface area (TPSA) is 52.1 Å². The maximum absolute atomic E-state index is 5.07. The first-order chi connectivity index (χ1) is 14.3. The van der Waals surface area contributed by atoms with Gasteiger partial charge in [0.2, 0.25) is 0 Å². The lowest BCUT2D eigenvalue weighted by atomic mass is 10.2. The Morgan fingerprint density at radius 1 is 1.00 bits per heavy atom. The molecule has 2 aromatic rings. The molecule has 1 saturated heterocycles. The quantitative estimate of drug-likeness (QED) is 0.409. The van der Waals surface area contributed by atoms with Crippen molar-refractivity contribution >= 4 is 17.3 Å². The third-order valence-corrected chi connectivity index (χ3v) is 5.04. The zero-order valence-corrected chi connectivity index (χ0v) is 17.6. The molecule has 0 amide bonds. The molecule has 6 nitrogen and oxygen atoms in total. The molecule has 1 fully saturated rings. The van der Waals surface area contributed by atoms with Crippen LogP contribution in [0.4, 0.5) is 11.4 Å². The van der Waals surface area contributed by atoms with Crippen molar-refractivity contribution in [2.75, 3.05) is 63.2 Å². The number of para-hydroxylation sites is 1. The van der Waals surface area contributed by atoms with E-state index in [-0.39, 0.29) is 0 Å². The van der Waals surface area contributed by atoms with Crippen molar-refractivity contribution in [2.45, 2.75) is 13.5 Å². The Morgan fingerprint density at radius 2 is 1.72 bits per heavy atom. The van der Waals surface area contributed by atoms with Crippen LogP contribution in [-0.4, -0.2) is 63.8 Å². The second-order valence-corrected chi connectivity index (χ2v) is 7.10. The van der Waals surface area contributed by atoms with E-state index in [0.717, 1.165) is 50.9 Å². The van der Waals surface area contributed by atoms with Gasteiger partial charge in [0.25, 0.3) is 0 Å². The summed E-state index contributed by atoms with van der Waals surface area (Å²) >= 11 is 0. The first-order valence-corrected chi connectivity index (χ1v) is 10.4. The fourth-order valence-electron chi connectivity index (χ4n) is 3.43. The van der Waals surface area contributed by atoms with Gasteiger partial charge in [-0.3, -0.25) is 0 Å². The van der Waals surface area contributed by atoms with E-state index in [1.807, 2.05) is 0 Å². The molecule has 0 atom stereocenters. The third-order valence-electron chi connectivity index (χ3n) is 5.04. The molecule has 0 aromatic heterocycles. The van der Waals surface area contributed by atoms with Crippen LogP contribution in [0.25, 0.3) is 0 Å². The average Bonchev–Trinajstić information content (AvgIpc) is 2.78. The van der Waals surface area contributed by atoms with Crippen LogP contribution in [-0.2, 0) is 11.3 Å². The normalized spacial score (nSPS) is 14.8. The van der Waals surface area contributed by atoms with Crippen LogP contribution in [0.1, 0.15) is 12.5 Å². The van der Waals surface area contributed by atoms with Crippen LogP contribution in [0.5, 0.6) is 0 Å². The first-order valence-electron chi connectivity index (χ1n) is 10.4. The summed E-state index contributed by atoms with van der Waals surface area (Å²) in [5.41, 5.74) is 3.62. The first kappa shape index (κ1) is 21.0. The number of ether oxygens (including phenoxy) is 1. The Hall–Kier alpha value is -2.73. The highest BCUT2D eigenvalue weighted by molar-refractivity contribution is 5.80. The Bertz CT molecular complexity index is 740. The van der Waals surface area contributed by atoms with Crippen molar-refractivity contribution in [3.63, 3.8) is 0 Å². The smallest absolute Gasteiger partial charge is 0.194 e. The van der Waals surface area contributed by atoms with Gasteiger partial charge in [-0.05, 0) is 36.8 Å². The van der Waals surface area contributed by atoms with Crippen molar-refractivity contribution in [1.82, 2.24) is 10.2 Å². The van der Waals surface area contributed by atoms with Crippen LogP contribution in [0.2, 0.25) is 0 Å². The van der Waals surface area contributed by atoms with Gasteiger partial charge in [-0.25, -0.2) is 4.99 Å². The predicted molar refractivity (Wildman–Crippen MR) is 122 cm³/mol. The molecule has 0 spiro atoms. The lowest BCUT2D eigenvalue weighted by molar-refractivity contribution is 0.211. The van der Waals surface area contributed by atoms with Gasteiger partial charge in [0.15, 0.2) is 5.96 Å². The number of hydrogen-bond donors (Lipinski definition) is 2. The highest BCUT2D eigenvalue weighted by atomic mass is 16.5. The molecule has 0 saturated carbocycles. The fourth-order valence-corrected chi connectivity index (χ4v) is 3.43. The van der Waals surface area contributed by atoms with Crippen LogP contribution in [0.15, 0.2) is 59.6 Å². The van der Waals surface area contributed by atoms with E-state index in [0.29, 0.717) is 13.2 Å². The monoisotopic (exact) mass is 395 g/mol. The van der Waals surface area contributed by atoms with Crippen molar-refractivity contribution in [3.05, 3.63) is 60.2 Å². The number of rotatable bonds is 8. The van der Waals surface area contributed by atoms with Crippen LogP contribution in [0, 0.1) is 0 Å². The second-order valence-electron chi connectivity index (χ2n) is 7.10. The molecule has 1 aliphatic heterocycles. The number of nitrogens with zero attached hydrogens (tertiary/aromatic N) is 3. The number of anilines is 2. The van der Waals surface area contributed by atoms with Crippen molar-refractivity contribution in [2.24, 2.45) is 4.99 Å². The molecule has 1 heterocycles. The summed E-state index contributed by atoms with van der Waals surface area (Å²) in [4.78, 5) is 9.69. The van der Waals surface area contributed by atoms with Crippen LogP contribution in [0.3, 0.4) is 0 Å². The molecule has 3 rings (SSSR count). The maximum atomic E-state index is 5.07. The molecular formula is C23H33N5O. The predicted octanol–water partition coefficient (Wildman–Crippen LogP) is 3.03. The summed E-state index contributed by atoms with van der Waals surface area (Å²) < 4.78 is 5.07. The molecule has 2 N–H and O–H groups in total. The summed E-state index contributed by atoms with van der Waals surface area (Å²) in [5.74, 6) is 1.00. The number of piperazine rings is 1. The van der Waals surface area contributed by atoms with Gasteiger partial charge in [0, 0.05) is 57.8 Å². The lowest BCUT2D eigenvalue weighted by Crippen LogP contribution is -2.52. The Morgan fingerprint density at radius 3 is 2.38 bits per heavy atom. The molecule has 1 aliphatic rings. The number of benzene rings is 2. The van der Waals surface area contributed by atoms with Gasteiger partial charge in [0.1, 0.15) is 0 Å². The summed E-state index contributed by atoms with van der Waals surface area (Å²) in [6.07, 6.45) is 0. The zero-order chi connectivity index (χ0) is 20.3. The zero-order valence-electron chi connectivity index (χ0n) is 17.6. The molecule has 29 heavy (non-hydrogen) atoms. The average molecular weight is 396 g/mol. The van der Waals surface area contributed by atoms with E-state index in [9.17, 15) is 0 Å². The number of hydrogen-bond acceptors (Lipinski definition) is 4. The van der Waals surface area contributed by atoms with E-state index in [4.69, 9.17) is 9.73 Å². The van der Waals surface area contributed by atoms with Gasteiger partial charge in [-0.15, -0.1) is 0 Å². The minimum Gasteiger partial charge on any atom is -0.383 e. The minimum absolute atomic E-state index is 0.680. The minimum atomic E-state index is 0.680. The van der Waals surface area contributed by atoms with Gasteiger partial charge in [-0.1, -0.05) is 30.3 Å². The molecule has 0 bridgehead atoms. The summed E-state index contributed by atoms with van der Waals surface area (Å²) in [7, 11) is 1.71. The van der Waals surface area contributed by atoms with Gasteiger partial charge in [0.05, 0.1) is 13.2 Å². The second kappa shape index (κ2) is 11.3. The van der Waals surface area contributed by atoms with E-state index in [2.05, 4.69) is 82.0 Å². The Kier molecular flexibility index (Phi) is 8.19. The van der Waals surface area contributed by atoms with Crippen molar-refractivity contribution in [3.8, 4) is 0 Å². The van der Waals surface area contributed by atoms with Crippen LogP contribution >= 0.6 is 0 Å². The molecule has 2 aromatic carbocycles. The number of nitrogens with one attached hydrogen (secondary N) is 2. The van der Waals surface area contributed by atoms with E-state index in [1.54, 1.807) is 7.11 Å². The SMILES string of the molecule is CCNC(=NCc1ccc(NCCOC)cc1)N1CCN(c2ccccc2)CC1. The third kappa shape index (κ3) is 6.39. The maximum Gasteiger partial charge on any atom is 0.194 e. The van der Waals surface area contributed by atoms with E-state index in [1.165, 1.54) is 11.3 Å². The summed E-state index contributed by atoms with van der Waals surface area (Å²) in [6.45, 7) is 9.16. The Labute approximate surface area is 174 Å². The number of methoxy groups -OCH3 is 1. The number of guanidine groups is 1. The van der Waals surface area contributed by atoms with Gasteiger partial charge in [-0.2, -0.15) is 0 Å². The molecule has 156 valence electrons. The highest BCUT2D eigenvalue weighted by Gasteiger charge is 2.19. The van der Waals surface area contributed by atoms with E-state index >= 15 is 0 Å². The Balaban J connectivity index is 1.54. The van der Waals surface area contributed by atoms with Gasteiger partial charge < -0.3 is 25.2 Å². The lowest BCUT2D eigenvalue weighted by Gasteiger charge is -2.37. The van der Waals surface area contributed by atoms with Crippen LogP contribution < -0.4 is 15.5 Å². The molecule has 0 aliphatic carbocycles.